The Hall–Kier alpha value is -1.08. The fourth-order valence-electron chi connectivity index (χ4n) is 1.87. The average molecular weight is 181 g/mol. The number of amides is 1. The quantitative estimate of drug-likeness (QED) is 0.678. The van der Waals surface area contributed by atoms with E-state index in [2.05, 4.69) is 6.07 Å². The van der Waals surface area contributed by atoms with Crippen molar-refractivity contribution in [3.05, 3.63) is 0 Å². The molecule has 0 radical (unpaired) electrons. The summed E-state index contributed by atoms with van der Waals surface area (Å²) in [5.41, 5.74) is 5.26. The SMILES string of the molecule is CC(CC#N)N1CCCC1C(N)=O. The molecule has 2 N–H and O–H groups in total. The summed E-state index contributed by atoms with van der Waals surface area (Å²) in [6.45, 7) is 2.85. The van der Waals surface area contributed by atoms with Crippen LogP contribution in [-0.2, 0) is 4.79 Å². The standard InChI is InChI=1S/C9H15N3O/c1-7(4-5-10)12-6-2-3-8(12)9(11)13/h7-8H,2-4,6H2,1H3,(H2,11,13). The van der Waals surface area contributed by atoms with Crippen LogP contribution in [0.4, 0.5) is 0 Å². The van der Waals surface area contributed by atoms with Gasteiger partial charge in [0.1, 0.15) is 0 Å². The molecule has 1 heterocycles. The lowest BCUT2D eigenvalue weighted by Crippen LogP contribution is -2.44. The minimum atomic E-state index is -0.262. The second-order valence-corrected chi connectivity index (χ2v) is 3.51. The molecule has 1 aliphatic rings. The van der Waals surface area contributed by atoms with Crippen LogP contribution in [0.25, 0.3) is 0 Å². The van der Waals surface area contributed by atoms with Crippen LogP contribution in [0.2, 0.25) is 0 Å². The van der Waals surface area contributed by atoms with E-state index in [-0.39, 0.29) is 18.0 Å². The lowest BCUT2D eigenvalue weighted by molar-refractivity contribution is -0.122. The van der Waals surface area contributed by atoms with Gasteiger partial charge in [0.15, 0.2) is 0 Å². The van der Waals surface area contributed by atoms with Crippen molar-refractivity contribution in [2.24, 2.45) is 5.73 Å². The van der Waals surface area contributed by atoms with E-state index in [0.717, 1.165) is 19.4 Å². The van der Waals surface area contributed by atoms with E-state index in [1.54, 1.807) is 0 Å². The summed E-state index contributed by atoms with van der Waals surface area (Å²) >= 11 is 0. The highest BCUT2D eigenvalue weighted by molar-refractivity contribution is 5.80. The van der Waals surface area contributed by atoms with Crippen molar-refractivity contribution in [2.45, 2.75) is 38.3 Å². The number of carbonyl (C=O) groups excluding carboxylic acids is 1. The summed E-state index contributed by atoms with van der Waals surface area (Å²) in [5, 5.41) is 8.53. The highest BCUT2D eigenvalue weighted by Gasteiger charge is 2.31. The third-order valence-electron chi connectivity index (χ3n) is 2.58. The van der Waals surface area contributed by atoms with Crippen LogP contribution in [0.1, 0.15) is 26.2 Å². The van der Waals surface area contributed by atoms with E-state index in [1.165, 1.54) is 0 Å². The molecule has 0 aromatic carbocycles. The number of likely N-dealkylation sites (tertiary alicyclic amines) is 1. The van der Waals surface area contributed by atoms with Crippen molar-refractivity contribution >= 4 is 5.91 Å². The predicted octanol–water partition coefficient (Wildman–Crippen LogP) is 0.238. The van der Waals surface area contributed by atoms with Crippen molar-refractivity contribution < 1.29 is 4.79 Å². The van der Waals surface area contributed by atoms with Gasteiger partial charge in [-0.05, 0) is 26.3 Å². The summed E-state index contributed by atoms with van der Waals surface area (Å²) in [6.07, 6.45) is 2.30. The number of hydrogen-bond donors (Lipinski definition) is 1. The largest absolute Gasteiger partial charge is 0.368 e. The first kappa shape index (κ1) is 10.0. The summed E-state index contributed by atoms with van der Waals surface area (Å²) in [4.78, 5) is 13.1. The van der Waals surface area contributed by atoms with E-state index >= 15 is 0 Å². The fourth-order valence-corrected chi connectivity index (χ4v) is 1.87. The van der Waals surface area contributed by atoms with Gasteiger partial charge in [0.2, 0.25) is 5.91 Å². The molecule has 4 nitrogen and oxygen atoms in total. The van der Waals surface area contributed by atoms with Crippen LogP contribution >= 0.6 is 0 Å². The van der Waals surface area contributed by atoms with Crippen LogP contribution in [0.15, 0.2) is 0 Å². The molecule has 1 fully saturated rings. The lowest BCUT2D eigenvalue weighted by Gasteiger charge is -2.26. The molecule has 1 rings (SSSR count). The van der Waals surface area contributed by atoms with Crippen molar-refractivity contribution in [1.82, 2.24) is 4.90 Å². The van der Waals surface area contributed by atoms with Crippen LogP contribution in [-0.4, -0.2) is 29.4 Å². The fraction of sp³-hybridized carbons (Fsp3) is 0.778. The highest BCUT2D eigenvalue weighted by Crippen LogP contribution is 2.20. The van der Waals surface area contributed by atoms with Gasteiger partial charge in [-0.25, -0.2) is 0 Å². The highest BCUT2D eigenvalue weighted by atomic mass is 16.1. The minimum Gasteiger partial charge on any atom is -0.368 e. The minimum absolute atomic E-state index is 0.144. The van der Waals surface area contributed by atoms with E-state index in [1.807, 2.05) is 11.8 Å². The van der Waals surface area contributed by atoms with Gasteiger partial charge in [-0.1, -0.05) is 0 Å². The van der Waals surface area contributed by atoms with Crippen LogP contribution in [0.5, 0.6) is 0 Å². The third kappa shape index (κ3) is 2.19. The number of nitrogens with zero attached hydrogens (tertiary/aromatic N) is 2. The summed E-state index contributed by atoms with van der Waals surface area (Å²) in [5.74, 6) is -0.262. The number of nitriles is 1. The molecular formula is C9H15N3O. The smallest absolute Gasteiger partial charge is 0.234 e. The molecule has 0 aliphatic carbocycles. The molecule has 2 atom stereocenters. The molecule has 72 valence electrons. The van der Waals surface area contributed by atoms with Gasteiger partial charge in [-0.2, -0.15) is 5.26 Å². The number of carbonyl (C=O) groups is 1. The zero-order valence-electron chi connectivity index (χ0n) is 7.86. The van der Waals surface area contributed by atoms with Crippen molar-refractivity contribution in [3.63, 3.8) is 0 Å². The lowest BCUT2D eigenvalue weighted by atomic mass is 10.1. The maximum Gasteiger partial charge on any atom is 0.234 e. The van der Waals surface area contributed by atoms with Crippen LogP contribution in [0, 0.1) is 11.3 Å². The first-order chi connectivity index (χ1) is 6.16. The Morgan fingerprint density at radius 1 is 1.85 bits per heavy atom. The second-order valence-electron chi connectivity index (χ2n) is 3.51. The number of hydrogen-bond acceptors (Lipinski definition) is 3. The van der Waals surface area contributed by atoms with Gasteiger partial charge in [0, 0.05) is 6.04 Å². The Labute approximate surface area is 78.3 Å². The number of primary amides is 1. The molecule has 4 heteroatoms. The van der Waals surface area contributed by atoms with Gasteiger partial charge in [-0.3, -0.25) is 9.69 Å². The molecule has 2 unspecified atom stereocenters. The first-order valence-corrected chi connectivity index (χ1v) is 4.59. The Kier molecular flexibility index (Phi) is 3.26. The van der Waals surface area contributed by atoms with Crippen LogP contribution in [0.3, 0.4) is 0 Å². The molecule has 0 bridgehead atoms. The molecule has 13 heavy (non-hydrogen) atoms. The summed E-state index contributed by atoms with van der Waals surface area (Å²) in [7, 11) is 0. The molecular weight excluding hydrogens is 166 g/mol. The Bertz CT molecular complexity index is 234. The monoisotopic (exact) mass is 181 g/mol. The van der Waals surface area contributed by atoms with Gasteiger partial charge in [0.05, 0.1) is 18.5 Å². The summed E-state index contributed by atoms with van der Waals surface area (Å²) in [6, 6.07) is 2.10. The molecule has 1 amide bonds. The number of rotatable bonds is 3. The zero-order valence-corrected chi connectivity index (χ0v) is 7.86. The maximum atomic E-state index is 11.0. The van der Waals surface area contributed by atoms with Gasteiger partial charge in [-0.15, -0.1) is 0 Å². The van der Waals surface area contributed by atoms with E-state index in [4.69, 9.17) is 11.0 Å². The first-order valence-electron chi connectivity index (χ1n) is 4.59. The molecule has 0 aromatic rings. The normalized spacial score (nSPS) is 25.4. The maximum absolute atomic E-state index is 11.0. The topological polar surface area (TPSA) is 70.1 Å². The molecule has 0 saturated carbocycles. The van der Waals surface area contributed by atoms with Gasteiger partial charge >= 0.3 is 0 Å². The third-order valence-corrected chi connectivity index (χ3v) is 2.58. The molecule has 1 saturated heterocycles. The zero-order chi connectivity index (χ0) is 9.84. The number of nitrogens with two attached hydrogens (primary N) is 1. The summed E-state index contributed by atoms with van der Waals surface area (Å²) < 4.78 is 0. The second kappa shape index (κ2) is 4.24. The van der Waals surface area contributed by atoms with Crippen molar-refractivity contribution in [3.8, 4) is 6.07 Å². The van der Waals surface area contributed by atoms with Gasteiger partial charge < -0.3 is 5.73 Å². The molecule has 0 aromatic heterocycles. The Morgan fingerprint density at radius 3 is 3.08 bits per heavy atom. The van der Waals surface area contributed by atoms with Gasteiger partial charge in [0.25, 0.3) is 0 Å². The van der Waals surface area contributed by atoms with E-state index in [9.17, 15) is 4.79 Å². The van der Waals surface area contributed by atoms with Crippen molar-refractivity contribution in [1.29, 1.82) is 5.26 Å². The predicted molar refractivity (Wildman–Crippen MR) is 48.6 cm³/mol. The Balaban J connectivity index is 2.58. The van der Waals surface area contributed by atoms with Crippen LogP contribution < -0.4 is 5.73 Å². The average Bonchev–Trinajstić information content (AvgIpc) is 2.52. The molecule has 1 aliphatic heterocycles. The Morgan fingerprint density at radius 2 is 2.54 bits per heavy atom. The van der Waals surface area contributed by atoms with E-state index in [0.29, 0.717) is 6.42 Å². The molecule has 0 spiro atoms. The van der Waals surface area contributed by atoms with Crippen molar-refractivity contribution in [2.75, 3.05) is 6.54 Å². The van der Waals surface area contributed by atoms with E-state index < -0.39 is 0 Å².